The van der Waals surface area contributed by atoms with Gasteiger partial charge in [0.15, 0.2) is 0 Å². The van der Waals surface area contributed by atoms with Gasteiger partial charge in [0.1, 0.15) is 11.5 Å². The van der Waals surface area contributed by atoms with E-state index in [1.807, 2.05) is 23.6 Å². The van der Waals surface area contributed by atoms with Crippen molar-refractivity contribution in [2.75, 3.05) is 0 Å². The monoisotopic (exact) mass is 621 g/mol. The van der Waals surface area contributed by atoms with Gasteiger partial charge in [0, 0.05) is 59.7 Å². The van der Waals surface area contributed by atoms with E-state index in [0.29, 0.717) is 0 Å². The molecule has 2 aromatic heterocycles. The van der Waals surface area contributed by atoms with Crippen molar-refractivity contribution in [1.29, 1.82) is 0 Å². The highest BCUT2D eigenvalue weighted by Gasteiger charge is 2.40. The Morgan fingerprint density at radius 1 is 0.553 bits per heavy atom. The molecule has 1 aliphatic heterocycles. The molecule has 0 atom stereocenters. The van der Waals surface area contributed by atoms with Crippen molar-refractivity contribution in [3.63, 3.8) is 0 Å². The summed E-state index contributed by atoms with van der Waals surface area (Å²) in [4.78, 5) is 4.59. The molecule has 0 radical (unpaired) electrons. The molecule has 224 valence electrons. The Hall–Kier alpha value is -5.51. The van der Waals surface area contributed by atoms with Crippen LogP contribution < -0.4 is 4.74 Å². The van der Waals surface area contributed by atoms with Crippen LogP contribution in [-0.2, 0) is 5.41 Å². The average molecular weight is 622 g/mol. The summed E-state index contributed by atoms with van der Waals surface area (Å²) in [6, 6.07) is 52.5. The Labute approximate surface area is 278 Å². The first-order valence-corrected chi connectivity index (χ1v) is 16.8. The summed E-state index contributed by atoms with van der Waals surface area (Å²) in [5.74, 6) is 1.80. The van der Waals surface area contributed by atoms with Crippen molar-refractivity contribution in [3.05, 3.63) is 174 Å². The quantitative estimate of drug-likeness (QED) is 0.195. The van der Waals surface area contributed by atoms with Crippen LogP contribution >= 0.6 is 11.3 Å². The molecule has 0 amide bonds. The van der Waals surface area contributed by atoms with Gasteiger partial charge in [0.05, 0.1) is 0 Å². The Morgan fingerprint density at radius 2 is 1.19 bits per heavy atom. The van der Waals surface area contributed by atoms with Gasteiger partial charge in [-0.1, -0.05) is 103 Å². The molecular formula is C44H31NOS. The van der Waals surface area contributed by atoms with Gasteiger partial charge in [-0.3, -0.25) is 4.98 Å². The zero-order valence-electron chi connectivity index (χ0n) is 26.2. The van der Waals surface area contributed by atoms with Crippen molar-refractivity contribution < 1.29 is 4.74 Å². The molecule has 9 rings (SSSR count). The number of ether oxygens (including phenoxy) is 1. The second-order valence-electron chi connectivity index (χ2n) is 12.5. The van der Waals surface area contributed by atoms with Gasteiger partial charge in [0.2, 0.25) is 0 Å². The van der Waals surface area contributed by atoms with Crippen LogP contribution in [0.15, 0.2) is 152 Å². The lowest BCUT2D eigenvalue weighted by Gasteiger charge is -2.39. The normalized spacial score (nSPS) is 13.2. The molecule has 3 heterocycles. The fraction of sp³-hybridized carbons (Fsp3) is 0.0682. The van der Waals surface area contributed by atoms with Crippen molar-refractivity contribution >= 4 is 31.5 Å². The van der Waals surface area contributed by atoms with Crippen LogP contribution in [0.4, 0.5) is 0 Å². The van der Waals surface area contributed by atoms with E-state index in [2.05, 4.69) is 158 Å². The van der Waals surface area contributed by atoms with Crippen LogP contribution in [-0.4, -0.2) is 4.98 Å². The summed E-state index contributed by atoms with van der Waals surface area (Å²) < 4.78 is 9.27. The van der Waals surface area contributed by atoms with Crippen LogP contribution in [0, 0.1) is 6.92 Å². The van der Waals surface area contributed by atoms with Gasteiger partial charge in [-0.25, -0.2) is 0 Å². The molecule has 0 N–H and O–H groups in total. The first kappa shape index (κ1) is 27.8. The zero-order chi connectivity index (χ0) is 31.5. The highest BCUT2D eigenvalue weighted by atomic mass is 32.1. The first-order chi connectivity index (χ1) is 23.1. The number of rotatable bonds is 4. The molecule has 0 bridgehead atoms. The van der Waals surface area contributed by atoms with Crippen molar-refractivity contribution in [3.8, 4) is 44.9 Å². The van der Waals surface area contributed by atoms with E-state index in [1.165, 1.54) is 70.2 Å². The highest BCUT2D eigenvalue weighted by molar-refractivity contribution is 7.26. The van der Waals surface area contributed by atoms with E-state index >= 15 is 0 Å². The number of thiophene rings is 1. The molecule has 1 aliphatic rings. The number of fused-ring (bicyclic) bond motifs is 5. The first-order valence-electron chi connectivity index (χ1n) is 16.0. The standard InChI is InChI=1S/C44H31NOS/c1-28-34(17-10-24-45-28)35-15-9-16-36-37-27-33(20-23-42(37)47-43(35)36)44(2)38-25-31(29-11-5-3-6-12-29)18-21-40(38)46-41-22-19-32(26-39(41)44)30-13-7-4-8-14-30/h3-27H,1-2H3. The molecule has 6 aromatic carbocycles. The summed E-state index contributed by atoms with van der Waals surface area (Å²) in [5.41, 5.74) is 11.3. The molecule has 0 saturated heterocycles. The number of benzene rings is 6. The zero-order valence-corrected chi connectivity index (χ0v) is 27.0. The lowest BCUT2D eigenvalue weighted by molar-refractivity contribution is 0.427. The highest BCUT2D eigenvalue weighted by Crippen LogP contribution is 2.54. The molecule has 47 heavy (non-hydrogen) atoms. The maximum Gasteiger partial charge on any atom is 0.131 e. The molecule has 0 saturated carbocycles. The molecule has 0 unspecified atom stereocenters. The van der Waals surface area contributed by atoms with Crippen LogP contribution in [0.25, 0.3) is 53.6 Å². The Morgan fingerprint density at radius 3 is 1.83 bits per heavy atom. The number of nitrogens with zero attached hydrogens (tertiary/aromatic N) is 1. The molecular weight excluding hydrogens is 591 g/mol. The van der Waals surface area contributed by atoms with E-state index in [9.17, 15) is 0 Å². The summed E-state index contributed by atoms with van der Waals surface area (Å²) in [5, 5.41) is 2.56. The van der Waals surface area contributed by atoms with Crippen molar-refractivity contribution in [2.45, 2.75) is 19.3 Å². The maximum absolute atomic E-state index is 6.69. The molecule has 0 fully saturated rings. The summed E-state index contributed by atoms with van der Waals surface area (Å²) >= 11 is 1.86. The van der Waals surface area contributed by atoms with Gasteiger partial charge in [-0.2, -0.15) is 0 Å². The predicted octanol–water partition coefficient (Wildman–Crippen LogP) is 12.2. The van der Waals surface area contributed by atoms with Crippen LogP contribution in [0.2, 0.25) is 0 Å². The van der Waals surface area contributed by atoms with Gasteiger partial charge < -0.3 is 4.74 Å². The second kappa shape index (κ2) is 10.8. The van der Waals surface area contributed by atoms with Crippen LogP contribution in [0.3, 0.4) is 0 Å². The maximum atomic E-state index is 6.69. The Kier molecular flexibility index (Phi) is 6.38. The third-order valence-electron chi connectivity index (χ3n) is 9.84. The number of aryl methyl sites for hydroxylation is 1. The smallest absolute Gasteiger partial charge is 0.131 e. The Balaban J connectivity index is 1.29. The topological polar surface area (TPSA) is 22.1 Å². The minimum absolute atomic E-state index is 0.474. The van der Waals surface area contributed by atoms with Gasteiger partial charge >= 0.3 is 0 Å². The van der Waals surface area contributed by atoms with Gasteiger partial charge in [0.25, 0.3) is 0 Å². The predicted molar refractivity (Wildman–Crippen MR) is 197 cm³/mol. The lowest BCUT2D eigenvalue weighted by Crippen LogP contribution is -2.29. The van der Waals surface area contributed by atoms with Crippen molar-refractivity contribution in [1.82, 2.24) is 4.98 Å². The molecule has 8 aromatic rings. The van der Waals surface area contributed by atoms with E-state index in [-0.39, 0.29) is 0 Å². The number of hydrogen-bond acceptors (Lipinski definition) is 3. The molecule has 0 spiro atoms. The molecule has 0 aliphatic carbocycles. The van der Waals surface area contributed by atoms with E-state index in [1.54, 1.807) is 0 Å². The number of aromatic nitrogens is 1. The third kappa shape index (κ3) is 4.42. The lowest BCUT2D eigenvalue weighted by atomic mass is 9.68. The van der Waals surface area contributed by atoms with E-state index < -0.39 is 5.41 Å². The number of pyridine rings is 1. The summed E-state index contributed by atoms with van der Waals surface area (Å²) in [7, 11) is 0. The summed E-state index contributed by atoms with van der Waals surface area (Å²) in [6.45, 7) is 4.46. The van der Waals surface area contributed by atoms with Gasteiger partial charge in [-0.15, -0.1) is 11.3 Å². The average Bonchev–Trinajstić information content (AvgIpc) is 3.51. The SMILES string of the molecule is Cc1ncccc1-c1cccc2c1sc1ccc(C3(C)c4cc(-c5ccccc5)ccc4Oc4ccc(-c5ccccc5)cc43)cc12. The number of hydrogen-bond donors (Lipinski definition) is 0. The van der Waals surface area contributed by atoms with E-state index in [4.69, 9.17) is 4.74 Å². The van der Waals surface area contributed by atoms with Gasteiger partial charge in [-0.05, 0) is 84.1 Å². The Bertz CT molecular complexity index is 2370. The fourth-order valence-corrected chi connectivity index (χ4v) is 8.52. The van der Waals surface area contributed by atoms with Crippen LogP contribution in [0.5, 0.6) is 11.5 Å². The summed E-state index contributed by atoms with van der Waals surface area (Å²) in [6.07, 6.45) is 1.87. The minimum Gasteiger partial charge on any atom is -0.457 e. The second-order valence-corrected chi connectivity index (χ2v) is 13.6. The van der Waals surface area contributed by atoms with Crippen molar-refractivity contribution in [2.24, 2.45) is 0 Å². The molecule has 3 heteroatoms. The third-order valence-corrected chi connectivity index (χ3v) is 11.1. The van der Waals surface area contributed by atoms with E-state index in [0.717, 1.165) is 17.2 Å². The largest absolute Gasteiger partial charge is 0.457 e. The van der Waals surface area contributed by atoms with Crippen LogP contribution in [0.1, 0.15) is 29.3 Å². The molecule has 2 nitrogen and oxygen atoms in total. The fourth-order valence-electron chi connectivity index (χ4n) is 7.30. The minimum atomic E-state index is -0.474.